The number of nitrogens with zero attached hydrogens (tertiary/aromatic N) is 1. The summed E-state index contributed by atoms with van der Waals surface area (Å²) in [6.45, 7) is 0. The minimum Gasteiger partial charge on any atom is -0.406 e. The molecule has 0 radical (unpaired) electrons. The SMILES string of the molecule is OC1CC(CC(O)c2ccccn2)(c2cccc(OC(F)(F)F)c2)C1. The summed E-state index contributed by atoms with van der Waals surface area (Å²) in [7, 11) is 0. The van der Waals surface area contributed by atoms with Crippen LogP contribution in [0.2, 0.25) is 0 Å². The molecule has 2 N–H and O–H groups in total. The Morgan fingerprint density at radius 2 is 1.96 bits per heavy atom. The molecule has 1 aliphatic rings. The van der Waals surface area contributed by atoms with Gasteiger partial charge in [0.25, 0.3) is 0 Å². The zero-order valence-electron chi connectivity index (χ0n) is 13.3. The number of aliphatic hydroxyl groups is 2. The number of halogens is 3. The largest absolute Gasteiger partial charge is 0.573 e. The average Bonchev–Trinajstić information content (AvgIpc) is 2.52. The number of pyridine rings is 1. The van der Waals surface area contributed by atoms with Gasteiger partial charge in [-0.1, -0.05) is 18.2 Å². The number of rotatable bonds is 5. The van der Waals surface area contributed by atoms with Crippen LogP contribution in [0.25, 0.3) is 0 Å². The first-order chi connectivity index (χ1) is 11.8. The van der Waals surface area contributed by atoms with E-state index in [1.54, 1.807) is 30.5 Å². The average molecular weight is 353 g/mol. The molecule has 1 heterocycles. The van der Waals surface area contributed by atoms with E-state index in [2.05, 4.69) is 9.72 Å². The molecule has 7 heteroatoms. The summed E-state index contributed by atoms with van der Waals surface area (Å²) >= 11 is 0. The lowest BCUT2D eigenvalue weighted by atomic mass is 9.60. The Balaban J connectivity index is 1.84. The van der Waals surface area contributed by atoms with Gasteiger partial charge in [-0.15, -0.1) is 13.2 Å². The first kappa shape index (κ1) is 17.7. The Kier molecular flexibility index (Phi) is 4.71. The monoisotopic (exact) mass is 353 g/mol. The molecular weight excluding hydrogens is 335 g/mol. The molecule has 1 unspecified atom stereocenters. The molecule has 1 fully saturated rings. The van der Waals surface area contributed by atoms with Crippen LogP contribution in [0.1, 0.15) is 36.6 Å². The fourth-order valence-electron chi connectivity index (χ4n) is 3.43. The van der Waals surface area contributed by atoms with Crippen molar-refractivity contribution in [1.82, 2.24) is 4.98 Å². The minimum absolute atomic E-state index is 0.260. The number of alkyl halides is 3. The van der Waals surface area contributed by atoms with Crippen molar-refractivity contribution in [3.8, 4) is 5.75 Å². The highest BCUT2D eigenvalue weighted by molar-refractivity contribution is 5.37. The third-order valence-corrected chi connectivity index (χ3v) is 4.55. The second-order valence-corrected chi connectivity index (χ2v) is 6.39. The number of benzene rings is 1. The predicted octanol–water partition coefficient (Wildman–Crippen LogP) is 3.50. The topological polar surface area (TPSA) is 62.6 Å². The van der Waals surface area contributed by atoms with Crippen LogP contribution in [0.3, 0.4) is 0 Å². The van der Waals surface area contributed by atoms with Crippen LogP contribution in [0, 0.1) is 0 Å². The van der Waals surface area contributed by atoms with E-state index in [1.807, 2.05) is 0 Å². The molecule has 0 bridgehead atoms. The zero-order chi connectivity index (χ0) is 18.1. The Bertz CT molecular complexity index is 715. The van der Waals surface area contributed by atoms with Crippen molar-refractivity contribution >= 4 is 0 Å². The number of hydrogen-bond donors (Lipinski definition) is 2. The Morgan fingerprint density at radius 3 is 2.56 bits per heavy atom. The van der Waals surface area contributed by atoms with Gasteiger partial charge >= 0.3 is 6.36 Å². The van der Waals surface area contributed by atoms with Gasteiger partial charge in [0.15, 0.2) is 0 Å². The van der Waals surface area contributed by atoms with Crippen molar-refractivity contribution < 1.29 is 28.1 Å². The molecule has 1 aromatic heterocycles. The molecule has 0 saturated heterocycles. The van der Waals surface area contributed by atoms with Crippen molar-refractivity contribution in [1.29, 1.82) is 0 Å². The first-order valence-electron chi connectivity index (χ1n) is 7.91. The van der Waals surface area contributed by atoms with Crippen molar-refractivity contribution in [2.45, 2.75) is 43.2 Å². The highest BCUT2D eigenvalue weighted by Crippen LogP contribution is 2.50. The fourth-order valence-corrected chi connectivity index (χ4v) is 3.43. The van der Waals surface area contributed by atoms with E-state index in [9.17, 15) is 23.4 Å². The molecule has 0 amide bonds. The summed E-state index contributed by atoms with van der Waals surface area (Å²) in [5, 5.41) is 20.2. The van der Waals surface area contributed by atoms with Gasteiger partial charge in [0.2, 0.25) is 0 Å². The van der Waals surface area contributed by atoms with Crippen LogP contribution < -0.4 is 4.74 Å². The molecule has 1 saturated carbocycles. The van der Waals surface area contributed by atoms with Crippen LogP contribution in [-0.2, 0) is 5.41 Å². The molecule has 2 aromatic rings. The van der Waals surface area contributed by atoms with Gasteiger partial charge < -0.3 is 14.9 Å². The van der Waals surface area contributed by atoms with Gasteiger partial charge in [-0.05, 0) is 49.1 Å². The van der Waals surface area contributed by atoms with E-state index < -0.39 is 24.0 Å². The lowest BCUT2D eigenvalue weighted by Crippen LogP contribution is -2.45. The number of aromatic nitrogens is 1. The van der Waals surface area contributed by atoms with Crippen LogP contribution in [0.15, 0.2) is 48.7 Å². The standard InChI is InChI=1S/C18H18F3NO3/c19-18(20,21)25-14-5-3-4-12(8-14)17(9-13(23)10-17)11-16(24)15-6-1-2-7-22-15/h1-8,13,16,23-24H,9-11H2. The van der Waals surface area contributed by atoms with E-state index in [-0.39, 0.29) is 12.2 Å². The van der Waals surface area contributed by atoms with Gasteiger partial charge in [0.1, 0.15) is 5.75 Å². The van der Waals surface area contributed by atoms with Crippen molar-refractivity contribution in [3.63, 3.8) is 0 Å². The summed E-state index contributed by atoms with van der Waals surface area (Å²) in [5.41, 5.74) is 0.488. The van der Waals surface area contributed by atoms with E-state index >= 15 is 0 Å². The summed E-state index contributed by atoms with van der Waals surface area (Å²) < 4.78 is 41.3. The van der Waals surface area contributed by atoms with Crippen molar-refractivity contribution in [3.05, 3.63) is 59.9 Å². The number of ether oxygens (including phenoxy) is 1. The molecule has 0 aliphatic heterocycles. The first-order valence-corrected chi connectivity index (χ1v) is 7.91. The third-order valence-electron chi connectivity index (χ3n) is 4.55. The maximum Gasteiger partial charge on any atom is 0.573 e. The predicted molar refractivity (Wildman–Crippen MR) is 83.9 cm³/mol. The van der Waals surface area contributed by atoms with Gasteiger partial charge in [-0.3, -0.25) is 4.98 Å². The second kappa shape index (κ2) is 6.65. The van der Waals surface area contributed by atoms with Crippen molar-refractivity contribution in [2.24, 2.45) is 0 Å². The molecule has 134 valence electrons. The third kappa shape index (κ3) is 4.11. The van der Waals surface area contributed by atoms with Gasteiger partial charge in [-0.25, -0.2) is 0 Å². The van der Waals surface area contributed by atoms with Crippen molar-refractivity contribution in [2.75, 3.05) is 0 Å². The molecule has 1 aromatic carbocycles. The highest BCUT2D eigenvalue weighted by Gasteiger charge is 2.46. The zero-order valence-corrected chi connectivity index (χ0v) is 13.3. The van der Waals surface area contributed by atoms with E-state index in [0.717, 1.165) is 0 Å². The van der Waals surface area contributed by atoms with Gasteiger partial charge in [0.05, 0.1) is 17.9 Å². The number of aliphatic hydroxyl groups excluding tert-OH is 2. The normalized spacial score (nSPS) is 24.4. The molecule has 1 atom stereocenters. The van der Waals surface area contributed by atoms with Crippen LogP contribution in [0.4, 0.5) is 13.2 Å². The molecular formula is C18H18F3NO3. The number of hydrogen-bond acceptors (Lipinski definition) is 4. The van der Waals surface area contributed by atoms with Gasteiger partial charge in [0, 0.05) is 11.6 Å². The summed E-state index contributed by atoms with van der Waals surface area (Å²) in [4.78, 5) is 4.11. The summed E-state index contributed by atoms with van der Waals surface area (Å²) in [5.74, 6) is -0.307. The maximum atomic E-state index is 12.4. The van der Waals surface area contributed by atoms with Crippen LogP contribution in [0.5, 0.6) is 5.75 Å². The molecule has 3 rings (SSSR count). The molecule has 0 spiro atoms. The lowest BCUT2D eigenvalue weighted by molar-refractivity contribution is -0.274. The van der Waals surface area contributed by atoms with E-state index in [1.165, 1.54) is 18.2 Å². The quantitative estimate of drug-likeness (QED) is 0.864. The molecule has 4 nitrogen and oxygen atoms in total. The smallest absolute Gasteiger partial charge is 0.406 e. The van der Waals surface area contributed by atoms with Crippen LogP contribution >= 0.6 is 0 Å². The Labute approximate surface area is 142 Å². The van der Waals surface area contributed by atoms with Crippen LogP contribution in [-0.4, -0.2) is 27.7 Å². The summed E-state index contributed by atoms with van der Waals surface area (Å²) in [6, 6.07) is 10.9. The summed E-state index contributed by atoms with van der Waals surface area (Å²) in [6.07, 6.45) is -3.62. The minimum atomic E-state index is -4.77. The lowest BCUT2D eigenvalue weighted by Gasteiger charge is -2.47. The Hall–Kier alpha value is -2.12. The second-order valence-electron chi connectivity index (χ2n) is 6.39. The molecule has 1 aliphatic carbocycles. The van der Waals surface area contributed by atoms with E-state index in [0.29, 0.717) is 24.1 Å². The molecule has 25 heavy (non-hydrogen) atoms. The van der Waals surface area contributed by atoms with Gasteiger partial charge in [-0.2, -0.15) is 0 Å². The Morgan fingerprint density at radius 1 is 1.20 bits per heavy atom. The van der Waals surface area contributed by atoms with E-state index in [4.69, 9.17) is 0 Å². The fraction of sp³-hybridized carbons (Fsp3) is 0.389. The maximum absolute atomic E-state index is 12.4. The highest BCUT2D eigenvalue weighted by atomic mass is 19.4.